The van der Waals surface area contributed by atoms with Gasteiger partial charge in [-0.1, -0.05) is 18.2 Å². The number of rotatable bonds is 4. The fourth-order valence-electron chi connectivity index (χ4n) is 2.74. The van der Waals surface area contributed by atoms with E-state index in [2.05, 4.69) is 11.0 Å². The highest BCUT2D eigenvalue weighted by molar-refractivity contribution is 5.36. The molecular weight excluding hydrogens is 228 g/mol. The molecule has 1 heterocycles. The van der Waals surface area contributed by atoms with Crippen LogP contribution >= 0.6 is 0 Å². The zero-order valence-electron chi connectivity index (χ0n) is 11.0. The van der Waals surface area contributed by atoms with E-state index in [0.717, 1.165) is 24.3 Å². The summed E-state index contributed by atoms with van der Waals surface area (Å²) in [5, 5.41) is 9.69. The first-order valence-corrected chi connectivity index (χ1v) is 6.44. The molecule has 1 aromatic carbocycles. The number of aliphatic hydroxyl groups is 1. The van der Waals surface area contributed by atoms with Gasteiger partial charge in [0.1, 0.15) is 5.75 Å². The Morgan fingerprint density at radius 2 is 2.17 bits per heavy atom. The Morgan fingerprint density at radius 1 is 1.44 bits per heavy atom. The topological polar surface area (TPSA) is 58.7 Å². The Bertz CT molecular complexity index is 395. The molecular formula is C14H22N2O2. The molecule has 0 bridgehead atoms. The molecule has 3 atom stereocenters. The molecule has 3 N–H and O–H groups in total. The van der Waals surface area contributed by atoms with Crippen molar-refractivity contribution >= 4 is 0 Å². The molecule has 1 aromatic rings. The highest BCUT2D eigenvalue weighted by Crippen LogP contribution is 2.33. The number of hydrogen-bond donors (Lipinski definition) is 2. The van der Waals surface area contributed by atoms with Gasteiger partial charge in [-0.25, -0.2) is 0 Å². The van der Waals surface area contributed by atoms with Crippen molar-refractivity contribution in [2.45, 2.75) is 31.5 Å². The van der Waals surface area contributed by atoms with Crippen molar-refractivity contribution in [2.75, 3.05) is 20.2 Å². The second-order valence-electron chi connectivity index (χ2n) is 4.98. The Balaban J connectivity index is 2.29. The summed E-state index contributed by atoms with van der Waals surface area (Å²) in [7, 11) is 1.68. The third-order valence-electron chi connectivity index (χ3n) is 3.54. The van der Waals surface area contributed by atoms with E-state index in [4.69, 9.17) is 10.5 Å². The zero-order valence-corrected chi connectivity index (χ0v) is 11.0. The standard InChI is InChI=1S/C14H22N2O2/c1-10(15)14(16-8-7-11(17)9-16)12-5-3-4-6-13(12)18-2/h3-6,10-11,14,17H,7-9,15H2,1-2H3. The zero-order chi connectivity index (χ0) is 13.1. The molecule has 0 saturated carbocycles. The van der Waals surface area contributed by atoms with Crippen LogP contribution in [0.4, 0.5) is 0 Å². The molecule has 1 fully saturated rings. The lowest BCUT2D eigenvalue weighted by Gasteiger charge is -2.32. The molecule has 4 nitrogen and oxygen atoms in total. The van der Waals surface area contributed by atoms with Gasteiger partial charge in [0.25, 0.3) is 0 Å². The first-order chi connectivity index (χ1) is 8.63. The third kappa shape index (κ3) is 2.66. The average molecular weight is 250 g/mol. The summed E-state index contributed by atoms with van der Waals surface area (Å²) in [6.45, 7) is 3.57. The van der Waals surface area contributed by atoms with Crippen molar-refractivity contribution in [1.82, 2.24) is 4.90 Å². The first kappa shape index (κ1) is 13.3. The van der Waals surface area contributed by atoms with Gasteiger partial charge < -0.3 is 15.6 Å². The van der Waals surface area contributed by atoms with E-state index in [0.29, 0.717) is 6.54 Å². The molecule has 0 radical (unpaired) electrons. The van der Waals surface area contributed by atoms with Gasteiger partial charge in [-0.15, -0.1) is 0 Å². The molecule has 0 amide bonds. The number of benzene rings is 1. The highest BCUT2D eigenvalue weighted by Gasteiger charge is 2.31. The van der Waals surface area contributed by atoms with Gasteiger partial charge >= 0.3 is 0 Å². The highest BCUT2D eigenvalue weighted by atomic mass is 16.5. The molecule has 3 unspecified atom stereocenters. The number of aliphatic hydroxyl groups excluding tert-OH is 1. The molecule has 18 heavy (non-hydrogen) atoms. The quantitative estimate of drug-likeness (QED) is 0.841. The first-order valence-electron chi connectivity index (χ1n) is 6.44. The van der Waals surface area contributed by atoms with E-state index in [-0.39, 0.29) is 18.2 Å². The SMILES string of the molecule is COc1ccccc1C(C(C)N)N1CCC(O)C1. The molecule has 100 valence electrons. The minimum absolute atomic E-state index is 0.00778. The second kappa shape index (κ2) is 5.69. The summed E-state index contributed by atoms with van der Waals surface area (Å²) >= 11 is 0. The van der Waals surface area contributed by atoms with Crippen LogP contribution in [0.3, 0.4) is 0 Å². The second-order valence-corrected chi connectivity index (χ2v) is 4.98. The van der Waals surface area contributed by atoms with Gasteiger partial charge in [0.2, 0.25) is 0 Å². The van der Waals surface area contributed by atoms with Crippen molar-refractivity contribution in [3.8, 4) is 5.75 Å². The molecule has 1 aliphatic rings. The number of para-hydroxylation sites is 1. The molecule has 0 aromatic heterocycles. The maximum Gasteiger partial charge on any atom is 0.123 e. The summed E-state index contributed by atoms with van der Waals surface area (Å²) in [6, 6.07) is 8.05. The third-order valence-corrected chi connectivity index (χ3v) is 3.54. The van der Waals surface area contributed by atoms with Crippen LogP contribution in [0.1, 0.15) is 24.9 Å². The van der Waals surface area contributed by atoms with Crippen molar-refractivity contribution < 1.29 is 9.84 Å². The van der Waals surface area contributed by atoms with Crippen LogP contribution in [-0.2, 0) is 0 Å². The van der Waals surface area contributed by atoms with Crippen LogP contribution in [0.5, 0.6) is 5.75 Å². The van der Waals surface area contributed by atoms with E-state index in [1.54, 1.807) is 7.11 Å². The molecule has 1 aliphatic heterocycles. The fraction of sp³-hybridized carbons (Fsp3) is 0.571. The number of β-amino-alcohol motifs (C(OH)–C–C–N with tert-alkyl or cyclic N) is 1. The van der Waals surface area contributed by atoms with Crippen LogP contribution < -0.4 is 10.5 Å². The minimum Gasteiger partial charge on any atom is -0.496 e. The lowest BCUT2D eigenvalue weighted by Crippen LogP contribution is -2.38. The van der Waals surface area contributed by atoms with Crippen LogP contribution in [0.15, 0.2) is 24.3 Å². The Labute approximate surface area is 108 Å². The Kier molecular flexibility index (Phi) is 4.22. The van der Waals surface area contributed by atoms with E-state index in [9.17, 15) is 5.11 Å². The van der Waals surface area contributed by atoms with Gasteiger partial charge in [-0.2, -0.15) is 0 Å². The monoisotopic (exact) mass is 250 g/mol. The lowest BCUT2D eigenvalue weighted by atomic mass is 9.98. The van der Waals surface area contributed by atoms with Crippen molar-refractivity contribution in [3.05, 3.63) is 29.8 Å². The predicted molar refractivity (Wildman–Crippen MR) is 71.6 cm³/mol. The average Bonchev–Trinajstić information content (AvgIpc) is 2.76. The van der Waals surface area contributed by atoms with E-state index < -0.39 is 0 Å². The van der Waals surface area contributed by atoms with Crippen LogP contribution in [0, 0.1) is 0 Å². The molecule has 0 aliphatic carbocycles. The Hall–Kier alpha value is -1.10. The summed E-state index contributed by atoms with van der Waals surface area (Å²) in [6.07, 6.45) is 0.583. The largest absolute Gasteiger partial charge is 0.496 e. The smallest absolute Gasteiger partial charge is 0.123 e. The number of hydrogen-bond acceptors (Lipinski definition) is 4. The number of nitrogens with zero attached hydrogens (tertiary/aromatic N) is 1. The molecule has 2 rings (SSSR count). The van der Waals surface area contributed by atoms with Crippen molar-refractivity contribution in [2.24, 2.45) is 5.73 Å². The van der Waals surface area contributed by atoms with Crippen LogP contribution in [-0.4, -0.2) is 42.4 Å². The van der Waals surface area contributed by atoms with Gasteiger partial charge in [0.05, 0.1) is 19.3 Å². The maximum absolute atomic E-state index is 9.69. The van der Waals surface area contributed by atoms with Crippen molar-refractivity contribution in [3.63, 3.8) is 0 Å². The van der Waals surface area contributed by atoms with Gasteiger partial charge in [-0.05, 0) is 19.4 Å². The van der Waals surface area contributed by atoms with Crippen molar-refractivity contribution in [1.29, 1.82) is 0 Å². The molecule has 1 saturated heterocycles. The van der Waals surface area contributed by atoms with E-state index in [1.807, 2.05) is 25.1 Å². The molecule has 4 heteroatoms. The summed E-state index contributed by atoms with van der Waals surface area (Å²) < 4.78 is 5.42. The molecule has 0 spiro atoms. The predicted octanol–water partition coefficient (Wildman–Crippen LogP) is 1.15. The lowest BCUT2D eigenvalue weighted by molar-refractivity contribution is 0.150. The summed E-state index contributed by atoms with van der Waals surface area (Å²) in [5.41, 5.74) is 7.24. The Morgan fingerprint density at radius 3 is 2.72 bits per heavy atom. The van der Waals surface area contributed by atoms with Gasteiger partial charge in [0.15, 0.2) is 0 Å². The van der Waals surface area contributed by atoms with Gasteiger partial charge in [0, 0.05) is 24.7 Å². The number of nitrogens with two attached hydrogens (primary N) is 1. The maximum atomic E-state index is 9.69. The summed E-state index contributed by atoms with van der Waals surface area (Å²) in [4.78, 5) is 2.24. The summed E-state index contributed by atoms with van der Waals surface area (Å²) in [5.74, 6) is 0.862. The normalized spacial score (nSPS) is 23.9. The number of ether oxygens (including phenoxy) is 1. The van der Waals surface area contributed by atoms with E-state index in [1.165, 1.54) is 0 Å². The number of methoxy groups -OCH3 is 1. The van der Waals surface area contributed by atoms with Gasteiger partial charge in [-0.3, -0.25) is 4.90 Å². The van der Waals surface area contributed by atoms with Crippen LogP contribution in [0.25, 0.3) is 0 Å². The van der Waals surface area contributed by atoms with E-state index >= 15 is 0 Å². The minimum atomic E-state index is -0.235. The number of likely N-dealkylation sites (tertiary alicyclic amines) is 1. The van der Waals surface area contributed by atoms with Crippen LogP contribution in [0.2, 0.25) is 0 Å². The fourth-order valence-corrected chi connectivity index (χ4v) is 2.74.